The summed E-state index contributed by atoms with van der Waals surface area (Å²) in [6, 6.07) is 18.1. The number of rotatable bonds is 0. The molecule has 0 spiro atoms. The monoisotopic (exact) mass is 355 g/mol. The first-order valence-corrected chi connectivity index (χ1v) is 6.66. The molecule has 0 bridgehead atoms. The van der Waals surface area contributed by atoms with Gasteiger partial charge < -0.3 is 17.7 Å². The maximum atomic E-state index is 3.30. The molecular weight excluding hydrogens is 328 g/mol. The van der Waals surface area contributed by atoms with Crippen LogP contribution in [0.5, 0.6) is 0 Å². The van der Waals surface area contributed by atoms with Crippen LogP contribution < -0.4 is 0 Å². The molecule has 0 heterocycles. The Kier molecular flexibility index (Phi) is 11.9. The summed E-state index contributed by atoms with van der Waals surface area (Å²) in [4.78, 5) is 0. The molecule has 0 aliphatic heterocycles. The number of allylic oxidation sites excluding steroid dienone is 4. The Morgan fingerprint density at radius 2 is 1.70 bits per heavy atom. The predicted octanol–water partition coefficient (Wildman–Crippen LogP) is 4.69. The number of hydrogen-bond acceptors (Lipinski definition) is 0. The van der Waals surface area contributed by atoms with Gasteiger partial charge in [-0.15, -0.1) is 12.0 Å². The molecule has 0 saturated carbocycles. The SMILES string of the molecule is CC1=[C-]CC=C1.[CH3-].[CH3-].[H-].[H-].[SiH3].[Ti+4].[c-]1cccc2c1Cc1ccccc1-2. The first-order chi connectivity index (χ1) is 9.34. The average Bonchev–Trinajstić information content (AvgIpc) is 3.06. The van der Waals surface area contributed by atoms with Gasteiger partial charge in [-0.2, -0.15) is 35.9 Å². The van der Waals surface area contributed by atoms with E-state index in [-0.39, 0.29) is 50.4 Å². The van der Waals surface area contributed by atoms with Crippen molar-refractivity contribution >= 4 is 11.0 Å². The number of fused-ring (bicyclic) bond motifs is 3. The Hall–Kier alpha value is -1.15. The van der Waals surface area contributed by atoms with Gasteiger partial charge in [-0.25, -0.2) is 11.6 Å². The molecule has 0 unspecified atom stereocenters. The number of hydrogen-bond donors (Lipinski definition) is 0. The van der Waals surface area contributed by atoms with Gasteiger partial charge in [0.15, 0.2) is 0 Å². The molecule has 23 heavy (non-hydrogen) atoms. The van der Waals surface area contributed by atoms with Gasteiger partial charge in [-0.05, 0) is 17.4 Å². The van der Waals surface area contributed by atoms with Crippen LogP contribution in [0, 0.1) is 27.0 Å². The van der Waals surface area contributed by atoms with Crippen LogP contribution in [-0.4, -0.2) is 11.0 Å². The number of benzene rings is 2. The fourth-order valence-corrected chi connectivity index (χ4v) is 2.51. The van der Waals surface area contributed by atoms with Gasteiger partial charge in [-0.3, -0.25) is 6.08 Å². The van der Waals surface area contributed by atoms with E-state index in [0.29, 0.717) is 0 Å². The van der Waals surface area contributed by atoms with Gasteiger partial charge in [0, 0.05) is 0 Å². The third-order valence-electron chi connectivity index (χ3n) is 3.48. The van der Waals surface area contributed by atoms with Gasteiger partial charge in [0.1, 0.15) is 0 Å². The molecule has 121 valence electrons. The Bertz CT molecular complexity index is 620. The van der Waals surface area contributed by atoms with Crippen LogP contribution >= 0.6 is 0 Å². The van der Waals surface area contributed by atoms with Crippen molar-refractivity contribution < 1.29 is 24.6 Å². The van der Waals surface area contributed by atoms with Gasteiger partial charge in [0.05, 0.1) is 0 Å². The summed E-state index contributed by atoms with van der Waals surface area (Å²) in [5.41, 5.74) is 6.78. The second-order valence-electron chi connectivity index (χ2n) is 4.86. The molecule has 0 N–H and O–H groups in total. The smallest absolute Gasteiger partial charge is 1.00 e. The molecule has 0 amide bonds. The summed E-state index contributed by atoms with van der Waals surface area (Å²) in [5, 5.41) is 0. The second kappa shape index (κ2) is 11.4. The third-order valence-corrected chi connectivity index (χ3v) is 3.48. The van der Waals surface area contributed by atoms with Gasteiger partial charge >= 0.3 is 21.7 Å². The van der Waals surface area contributed by atoms with Crippen molar-refractivity contribution in [3.8, 4) is 11.1 Å². The van der Waals surface area contributed by atoms with Crippen molar-refractivity contribution in [2.75, 3.05) is 0 Å². The summed E-state index contributed by atoms with van der Waals surface area (Å²) in [7, 11) is 0. The molecule has 0 atom stereocenters. The van der Waals surface area contributed by atoms with Crippen molar-refractivity contribution in [1.29, 1.82) is 0 Å². The van der Waals surface area contributed by atoms with E-state index in [1.54, 1.807) is 0 Å². The molecule has 0 nitrogen and oxygen atoms in total. The van der Waals surface area contributed by atoms with Crippen LogP contribution in [0.15, 0.2) is 60.2 Å². The van der Waals surface area contributed by atoms with Crippen LogP contribution in [0.4, 0.5) is 0 Å². The van der Waals surface area contributed by atoms with Crippen molar-refractivity contribution in [3.63, 3.8) is 0 Å². The molecule has 2 heteroatoms. The van der Waals surface area contributed by atoms with E-state index >= 15 is 0 Å². The molecule has 0 fully saturated rings. The molecule has 1 radical (unpaired) electrons. The largest absolute Gasteiger partial charge is 4.00 e. The predicted molar refractivity (Wildman–Crippen MR) is 105 cm³/mol. The summed E-state index contributed by atoms with van der Waals surface area (Å²) in [6.45, 7) is 2.06. The quantitative estimate of drug-likeness (QED) is 0.405. The molecule has 2 aliphatic carbocycles. The molecule has 0 aromatic heterocycles. The third kappa shape index (κ3) is 5.77. The van der Waals surface area contributed by atoms with Gasteiger partial charge in [0.25, 0.3) is 0 Å². The Morgan fingerprint density at radius 3 is 2.30 bits per heavy atom. The maximum Gasteiger partial charge on any atom is 4.00 e. The Labute approximate surface area is 164 Å². The molecule has 2 aliphatic rings. The fraction of sp³-hybridized carbons (Fsp3) is 0.143. The van der Waals surface area contributed by atoms with Crippen LogP contribution in [0.2, 0.25) is 0 Å². The van der Waals surface area contributed by atoms with Gasteiger partial charge in [-0.1, -0.05) is 42.3 Å². The van der Waals surface area contributed by atoms with E-state index in [4.69, 9.17) is 0 Å². The summed E-state index contributed by atoms with van der Waals surface area (Å²) in [6.07, 6.45) is 9.38. The van der Waals surface area contributed by atoms with E-state index in [9.17, 15) is 0 Å². The standard InChI is InChI=1S/C13H9.C6H7.2CH3.H3Si.Ti.2H/c1-3-7-12-10(5-1)9-11-6-2-4-8-13(11)12;1-6-4-2-3-5-6;;;;;;/h1-5,7-8H,9H2;2,4H,3H2,1H3;3*1H3;;;/q4*-1;;+4;2*-1. The molecule has 2 aromatic carbocycles. The fourth-order valence-electron chi connectivity index (χ4n) is 2.51. The zero-order chi connectivity index (χ0) is 13.1. The van der Waals surface area contributed by atoms with Crippen molar-refractivity contribution in [2.45, 2.75) is 19.8 Å². The van der Waals surface area contributed by atoms with Crippen LogP contribution in [0.25, 0.3) is 11.1 Å². The molecule has 0 saturated heterocycles. The van der Waals surface area contributed by atoms with E-state index in [1.807, 2.05) is 6.07 Å². The molecule has 2 aromatic rings. The molecular formula is C21H27SiTi-2. The minimum atomic E-state index is 0. The Balaban J connectivity index is -0.000000164. The van der Waals surface area contributed by atoms with Gasteiger partial charge in [0.2, 0.25) is 0 Å². The zero-order valence-corrected chi connectivity index (χ0v) is 18.2. The first-order valence-electron chi connectivity index (χ1n) is 6.66. The normalized spacial score (nSPS) is 11.8. The maximum absolute atomic E-state index is 3.30. The van der Waals surface area contributed by atoms with E-state index in [1.165, 1.54) is 27.8 Å². The minimum Gasteiger partial charge on any atom is -1.00 e. The van der Waals surface area contributed by atoms with Crippen molar-refractivity contribution in [1.82, 2.24) is 0 Å². The molecule has 4 rings (SSSR count). The van der Waals surface area contributed by atoms with Crippen LogP contribution in [-0.2, 0) is 28.1 Å². The van der Waals surface area contributed by atoms with Crippen LogP contribution in [0.1, 0.15) is 27.3 Å². The van der Waals surface area contributed by atoms with E-state index < -0.39 is 0 Å². The van der Waals surface area contributed by atoms with Crippen LogP contribution in [0.3, 0.4) is 0 Å². The topological polar surface area (TPSA) is 0 Å². The Morgan fingerprint density at radius 1 is 1.00 bits per heavy atom. The summed E-state index contributed by atoms with van der Waals surface area (Å²) in [5.74, 6) is 0. The first kappa shape index (κ1) is 24.1. The average molecular weight is 355 g/mol. The zero-order valence-electron chi connectivity index (χ0n) is 16.6. The van der Waals surface area contributed by atoms with Crippen molar-refractivity contribution in [3.05, 3.63) is 98.3 Å². The van der Waals surface area contributed by atoms with E-state index in [0.717, 1.165) is 12.8 Å². The van der Waals surface area contributed by atoms with E-state index in [2.05, 4.69) is 67.6 Å². The second-order valence-corrected chi connectivity index (χ2v) is 4.86. The van der Waals surface area contributed by atoms with Crippen molar-refractivity contribution in [2.24, 2.45) is 0 Å². The minimum absolute atomic E-state index is 0. The summed E-state index contributed by atoms with van der Waals surface area (Å²) < 4.78 is 0. The summed E-state index contributed by atoms with van der Waals surface area (Å²) >= 11 is 0.